The van der Waals surface area contributed by atoms with Gasteiger partial charge < -0.3 is 20.7 Å². The standard InChI is InChI=1S/C13H12N2O2.C12H9NO2.C12H11NO.4CH4.Ar/c14-13(16)17-9-10-3-1-4-11(7-10)12-5-2-6-15-8-12;14-12(15)10-4-1-3-9(7-10)11-5-2-6-13-8-11;14-9-10-3-1-4-11(7-10)12-5-2-6-13-8-12;;;;;/h1-8H,9H2,(H2,14,16);1-8H,(H,14,15);1-8,14H,9H2;4*1H4;. The predicted molar refractivity (Wildman–Crippen MR) is 203 cm³/mol. The fourth-order valence-corrected chi connectivity index (χ4v) is 4.28. The van der Waals surface area contributed by atoms with Gasteiger partial charge in [-0.1, -0.05) is 96.4 Å². The van der Waals surface area contributed by atoms with Gasteiger partial charge in [0.25, 0.3) is 0 Å². The minimum absolute atomic E-state index is 0. The number of aromatic nitrogens is 3. The molecular weight excluding hydrogens is 668 g/mol. The van der Waals surface area contributed by atoms with Crippen molar-refractivity contribution >= 4 is 12.1 Å². The van der Waals surface area contributed by atoms with E-state index in [0.717, 1.165) is 44.5 Å². The first-order valence-corrected chi connectivity index (χ1v) is 14.2. The van der Waals surface area contributed by atoms with Crippen molar-refractivity contribution in [1.29, 1.82) is 0 Å². The number of carboxylic acid groups (broad SMARTS) is 1. The molecular formula is C41H48ArN4O5. The number of carbonyl (C=O) groups is 2. The smallest absolute Gasteiger partial charge is 0.404 e. The Morgan fingerprint density at radius 3 is 1.35 bits per heavy atom. The molecule has 51 heavy (non-hydrogen) atoms. The summed E-state index contributed by atoms with van der Waals surface area (Å²) in [5, 5.41) is 17.8. The molecule has 3 aromatic carbocycles. The number of amides is 1. The zero-order valence-electron chi connectivity index (χ0n) is 25.2. The molecule has 10 heteroatoms. The van der Waals surface area contributed by atoms with E-state index in [-0.39, 0.29) is 86.2 Å². The van der Waals surface area contributed by atoms with Crippen LogP contribution in [0.15, 0.2) is 146 Å². The quantitative estimate of drug-likeness (QED) is 0.148. The van der Waals surface area contributed by atoms with E-state index in [9.17, 15) is 9.59 Å². The van der Waals surface area contributed by atoms with Gasteiger partial charge in [0, 0.05) is 80.5 Å². The second-order valence-electron chi connectivity index (χ2n) is 9.78. The molecule has 270 valence electrons. The van der Waals surface area contributed by atoms with E-state index in [1.165, 1.54) is 0 Å². The fourth-order valence-electron chi connectivity index (χ4n) is 4.28. The number of pyridine rings is 3. The van der Waals surface area contributed by atoms with Crippen LogP contribution in [0.3, 0.4) is 0 Å². The topological polar surface area (TPSA) is 149 Å². The van der Waals surface area contributed by atoms with Crippen LogP contribution < -0.4 is 5.73 Å². The molecule has 6 aromatic rings. The molecule has 0 saturated heterocycles. The van der Waals surface area contributed by atoms with Crippen LogP contribution in [0.25, 0.3) is 33.4 Å². The molecule has 0 spiro atoms. The van der Waals surface area contributed by atoms with Crippen LogP contribution in [0.2, 0.25) is 0 Å². The zero-order valence-corrected chi connectivity index (χ0v) is 25.9. The number of carbonyl (C=O) groups excluding carboxylic acids is 1. The maximum atomic E-state index is 10.8. The van der Waals surface area contributed by atoms with Crippen molar-refractivity contribution in [3.05, 3.63) is 163 Å². The van der Waals surface area contributed by atoms with Gasteiger partial charge in [0.15, 0.2) is 0 Å². The summed E-state index contributed by atoms with van der Waals surface area (Å²) in [6, 6.07) is 33.8. The summed E-state index contributed by atoms with van der Waals surface area (Å²) < 4.78 is 4.74. The van der Waals surface area contributed by atoms with Gasteiger partial charge in [-0.05, 0) is 81.4 Å². The number of hydrogen-bond donors (Lipinski definition) is 3. The molecule has 0 radical (unpaired) electrons. The van der Waals surface area contributed by atoms with E-state index >= 15 is 0 Å². The predicted octanol–water partition coefficient (Wildman–Crippen LogP) is 9.58. The van der Waals surface area contributed by atoms with Crippen molar-refractivity contribution in [2.45, 2.75) is 42.9 Å². The van der Waals surface area contributed by atoms with Gasteiger partial charge in [0.05, 0.1) is 12.2 Å². The molecule has 0 fully saturated rings. The summed E-state index contributed by atoms with van der Waals surface area (Å²) in [7, 11) is 0. The Balaban J connectivity index is 0. The monoisotopic (exact) mass is 716 g/mol. The van der Waals surface area contributed by atoms with Crippen LogP contribution in [0, 0.1) is 37.7 Å². The van der Waals surface area contributed by atoms with E-state index in [1.54, 1.807) is 49.2 Å². The third kappa shape index (κ3) is 16.1. The third-order valence-corrected chi connectivity index (χ3v) is 6.51. The van der Waals surface area contributed by atoms with Crippen molar-refractivity contribution in [3.8, 4) is 33.4 Å². The van der Waals surface area contributed by atoms with Crippen LogP contribution >= 0.6 is 0 Å². The number of benzene rings is 3. The summed E-state index contributed by atoms with van der Waals surface area (Å²) in [4.78, 5) is 33.4. The molecule has 3 aromatic heterocycles. The summed E-state index contributed by atoms with van der Waals surface area (Å²) in [5.41, 5.74) is 13.0. The SMILES string of the molecule is C.C.C.C.NC(=O)OCc1cccc(-c2cccnc2)c1.O=C(O)c1cccc(-c2cccnc2)c1.OCc1cccc(-c2cccnc2)c1.[Ar]. The number of nitrogens with two attached hydrogens (primary N) is 1. The minimum atomic E-state index is -0.916. The van der Waals surface area contributed by atoms with Crippen LogP contribution in [-0.4, -0.2) is 37.2 Å². The number of aliphatic hydroxyl groups excluding tert-OH is 1. The number of carboxylic acids is 1. The normalized spacial score (nSPS) is 8.96. The Labute approximate surface area is 332 Å². The van der Waals surface area contributed by atoms with E-state index in [2.05, 4.69) is 15.0 Å². The molecule has 0 aliphatic carbocycles. The van der Waals surface area contributed by atoms with Gasteiger partial charge in [-0.2, -0.15) is 0 Å². The largest absolute Gasteiger partial charge is 0.478 e. The second-order valence-corrected chi connectivity index (χ2v) is 9.78. The molecule has 9 nitrogen and oxygen atoms in total. The van der Waals surface area contributed by atoms with Gasteiger partial charge in [0.2, 0.25) is 0 Å². The van der Waals surface area contributed by atoms with Gasteiger partial charge in [-0.25, -0.2) is 9.59 Å². The van der Waals surface area contributed by atoms with Gasteiger partial charge in [0.1, 0.15) is 6.61 Å². The van der Waals surface area contributed by atoms with E-state index < -0.39 is 12.1 Å². The van der Waals surface area contributed by atoms with Crippen LogP contribution in [0.1, 0.15) is 51.2 Å². The third-order valence-electron chi connectivity index (χ3n) is 6.51. The number of hydrogen-bond acceptors (Lipinski definition) is 7. The Morgan fingerprint density at radius 2 is 0.961 bits per heavy atom. The Bertz CT molecular complexity index is 1840. The Kier molecular flexibility index (Phi) is 24.5. The summed E-state index contributed by atoms with van der Waals surface area (Å²) in [6.45, 7) is 0.261. The first-order chi connectivity index (χ1) is 22.4. The summed E-state index contributed by atoms with van der Waals surface area (Å²) in [6.07, 6.45) is 9.70. The zero-order chi connectivity index (χ0) is 32.6. The number of ether oxygens (including phenoxy) is 1. The molecule has 1 amide bonds. The molecule has 0 saturated carbocycles. The minimum Gasteiger partial charge on any atom is -0.478 e. The van der Waals surface area contributed by atoms with Gasteiger partial charge >= 0.3 is 12.1 Å². The van der Waals surface area contributed by atoms with Crippen molar-refractivity contribution in [2.75, 3.05) is 0 Å². The Hall–Kier alpha value is -4.93. The van der Waals surface area contributed by atoms with Crippen molar-refractivity contribution in [1.82, 2.24) is 15.0 Å². The average molecular weight is 717 g/mol. The number of primary amides is 1. The van der Waals surface area contributed by atoms with Crippen LogP contribution in [0.5, 0.6) is 0 Å². The Morgan fingerprint density at radius 1 is 0.569 bits per heavy atom. The van der Waals surface area contributed by atoms with E-state index in [0.29, 0.717) is 0 Å². The molecule has 4 N–H and O–H groups in total. The first kappa shape index (κ1) is 48.2. The van der Waals surface area contributed by atoms with Crippen LogP contribution in [0.4, 0.5) is 4.79 Å². The first-order valence-electron chi connectivity index (χ1n) is 14.2. The van der Waals surface area contributed by atoms with Gasteiger partial charge in [-0.15, -0.1) is 0 Å². The van der Waals surface area contributed by atoms with Crippen molar-refractivity contribution in [2.24, 2.45) is 5.73 Å². The van der Waals surface area contributed by atoms with Crippen molar-refractivity contribution < 1.29 is 62.3 Å². The molecule has 6 rings (SSSR count). The fraction of sp³-hybridized carbons (Fsp3) is 0.146. The summed E-state index contributed by atoms with van der Waals surface area (Å²) >= 11 is 0. The average Bonchev–Trinajstić information content (AvgIpc) is 3.12. The molecule has 0 unspecified atom stereocenters. The number of aliphatic hydroxyl groups is 1. The maximum absolute atomic E-state index is 10.8. The second kappa shape index (κ2) is 26.0. The molecule has 0 aliphatic rings. The maximum Gasteiger partial charge on any atom is 0.404 e. The molecule has 0 aliphatic heterocycles. The van der Waals surface area contributed by atoms with Gasteiger partial charge in [-0.3, -0.25) is 15.0 Å². The number of nitrogens with zero attached hydrogens (tertiary/aromatic N) is 3. The van der Waals surface area contributed by atoms with E-state index in [1.807, 2.05) is 97.2 Å². The number of rotatable bonds is 7. The molecule has 3 heterocycles. The molecule has 0 bridgehead atoms. The summed E-state index contributed by atoms with van der Waals surface area (Å²) in [5.74, 6) is -0.916. The van der Waals surface area contributed by atoms with Crippen molar-refractivity contribution in [3.63, 3.8) is 0 Å². The molecule has 0 atom stereocenters. The van der Waals surface area contributed by atoms with Crippen LogP contribution in [-0.2, 0) is 18.0 Å². The van der Waals surface area contributed by atoms with E-state index in [4.69, 9.17) is 20.7 Å². The number of aromatic carboxylic acids is 1.